The average molecular weight is 226 g/mol. The molecule has 0 aliphatic carbocycles. The monoisotopic (exact) mass is 226 g/mol. The van der Waals surface area contributed by atoms with E-state index in [4.69, 9.17) is 11.5 Å². The van der Waals surface area contributed by atoms with Crippen molar-refractivity contribution in [1.82, 2.24) is 4.98 Å². The number of aliphatic imine (C=N–C) groups is 1. The Morgan fingerprint density at radius 1 is 1.47 bits per heavy atom. The molecule has 0 spiro atoms. The van der Waals surface area contributed by atoms with Crippen LogP contribution < -0.4 is 11.5 Å². The van der Waals surface area contributed by atoms with Crippen molar-refractivity contribution in [1.29, 1.82) is 0 Å². The molecule has 0 saturated heterocycles. The lowest BCUT2D eigenvalue weighted by atomic mass is 10.2. The lowest BCUT2D eigenvalue weighted by Gasteiger charge is -1.96. The van der Waals surface area contributed by atoms with Gasteiger partial charge in [-0.25, -0.2) is 0 Å². The van der Waals surface area contributed by atoms with E-state index in [-0.39, 0.29) is 11.9 Å². The van der Waals surface area contributed by atoms with E-state index in [1.807, 2.05) is 6.20 Å². The maximum atomic E-state index is 11.1. The Kier molecular flexibility index (Phi) is 4.76. The highest BCUT2D eigenvalue weighted by molar-refractivity contribution is 7.09. The van der Waals surface area contributed by atoms with Crippen LogP contribution in [0.3, 0.4) is 0 Å². The normalized spacial score (nSPS) is 9.87. The number of hydrogen-bond acceptors (Lipinski definition) is 3. The highest BCUT2D eigenvalue weighted by atomic mass is 32.1. The van der Waals surface area contributed by atoms with E-state index in [1.54, 1.807) is 16.8 Å². The number of nitrogens with zero attached hydrogens (tertiary/aromatic N) is 2. The van der Waals surface area contributed by atoms with E-state index in [0.717, 1.165) is 19.3 Å². The van der Waals surface area contributed by atoms with Crippen LogP contribution in [0.4, 0.5) is 0 Å². The van der Waals surface area contributed by atoms with Gasteiger partial charge in [-0.05, 0) is 19.3 Å². The molecule has 0 aromatic carbocycles. The zero-order chi connectivity index (χ0) is 11.1. The number of aryl methyl sites for hydroxylation is 1. The number of guanidine groups is 1. The van der Waals surface area contributed by atoms with Crippen molar-refractivity contribution >= 4 is 23.2 Å². The lowest BCUT2D eigenvalue weighted by Crippen LogP contribution is -2.24. The summed E-state index contributed by atoms with van der Waals surface area (Å²) in [5.74, 6) is -0.415. The molecule has 15 heavy (non-hydrogen) atoms. The molecule has 0 fully saturated rings. The zero-order valence-electron chi connectivity index (χ0n) is 8.35. The summed E-state index contributed by atoms with van der Waals surface area (Å²) in [6.45, 7) is 0. The smallest absolute Gasteiger partial charge is 0.248 e. The molecule has 0 unspecified atom stereocenters. The van der Waals surface area contributed by atoms with Gasteiger partial charge >= 0.3 is 0 Å². The summed E-state index contributed by atoms with van der Waals surface area (Å²) in [6.07, 6.45) is 4.96. The number of hydrogen-bond donors (Lipinski definition) is 2. The number of aromatic nitrogens is 1. The van der Waals surface area contributed by atoms with Crippen LogP contribution in [-0.2, 0) is 11.2 Å². The molecule has 82 valence electrons. The number of amides is 1. The molecule has 6 heteroatoms. The van der Waals surface area contributed by atoms with E-state index in [1.165, 1.54) is 4.88 Å². The fourth-order valence-corrected chi connectivity index (χ4v) is 1.78. The quantitative estimate of drug-likeness (QED) is 0.438. The van der Waals surface area contributed by atoms with Gasteiger partial charge in [-0.3, -0.25) is 9.78 Å². The first-order valence-electron chi connectivity index (χ1n) is 4.68. The number of carbonyl (C=O) groups excluding carboxylic acids is 1. The first-order valence-corrected chi connectivity index (χ1v) is 5.56. The molecule has 0 radical (unpaired) electrons. The van der Waals surface area contributed by atoms with Crippen LogP contribution in [0, 0.1) is 0 Å². The van der Waals surface area contributed by atoms with E-state index < -0.39 is 0 Å². The Morgan fingerprint density at radius 3 is 2.87 bits per heavy atom. The standard InChI is InChI=1S/C9H14N4OS/c10-9(11)13-8(14)4-2-1-3-7-5-12-6-15-7/h5-6H,1-4H2,(H4,10,11,13,14). The molecule has 0 bridgehead atoms. The fourth-order valence-electron chi connectivity index (χ4n) is 1.14. The number of thiazole rings is 1. The number of carbonyl (C=O) groups is 1. The zero-order valence-corrected chi connectivity index (χ0v) is 9.17. The topological polar surface area (TPSA) is 94.4 Å². The Bertz CT molecular complexity index is 330. The molecule has 1 aromatic heterocycles. The molecule has 0 atom stereocenters. The highest BCUT2D eigenvalue weighted by Crippen LogP contribution is 2.10. The molecule has 0 aliphatic heterocycles. The van der Waals surface area contributed by atoms with Gasteiger partial charge in [0, 0.05) is 17.5 Å². The van der Waals surface area contributed by atoms with Gasteiger partial charge in [0.25, 0.3) is 0 Å². The molecule has 4 N–H and O–H groups in total. The highest BCUT2D eigenvalue weighted by Gasteiger charge is 2.00. The van der Waals surface area contributed by atoms with Gasteiger partial charge in [0.2, 0.25) is 5.91 Å². The van der Waals surface area contributed by atoms with Crippen molar-refractivity contribution in [3.8, 4) is 0 Å². The van der Waals surface area contributed by atoms with Gasteiger partial charge in [0.1, 0.15) is 0 Å². The van der Waals surface area contributed by atoms with Crippen LogP contribution in [0.5, 0.6) is 0 Å². The molecule has 1 heterocycles. The Morgan fingerprint density at radius 2 is 2.27 bits per heavy atom. The van der Waals surface area contributed by atoms with Crippen molar-refractivity contribution in [2.75, 3.05) is 0 Å². The predicted molar refractivity (Wildman–Crippen MR) is 60.5 cm³/mol. The van der Waals surface area contributed by atoms with Gasteiger partial charge in [0.15, 0.2) is 5.96 Å². The second-order valence-electron chi connectivity index (χ2n) is 3.11. The molecule has 1 amide bonds. The minimum atomic E-state index is -0.251. The first kappa shape index (κ1) is 11.6. The average Bonchev–Trinajstić information content (AvgIpc) is 2.63. The maximum Gasteiger partial charge on any atom is 0.248 e. The summed E-state index contributed by atoms with van der Waals surface area (Å²) in [5.41, 5.74) is 12.0. The summed E-state index contributed by atoms with van der Waals surface area (Å²) in [4.78, 5) is 19.7. The van der Waals surface area contributed by atoms with Crippen LogP contribution in [0.2, 0.25) is 0 Å². The van der Waals surface area contributed by atoms with Crippen LogP contribution in [0.15, 0.2) is 16.7 Å². The van der Waals surface area contributed by atoms with E-state index in [0.29, 0.717) is 6.42 Å². The molecular weight excluding hydrogens is 212 g/mol. The Hall–Kier alpha value is -1.43. The Labute approximate surface area is 92.2 Å². The Balaban J connectivity index is 2.12. The summed E-state index contributed by atoms with van der Waals surface area (Å²) in [6, 6.07) is 0. The largest absolute Gasteiger partial charge is 0.370 e. The summed E-state index contributed by atoms with van der Waals surface area (Å²) in [5, 5.41) is 0. The molecular formula is C9H14N4OS. The van der Waals surface area contributed by atoms with E-state index >= 15 is 0 Å². The molecule has 1 aromatic rings. The van der Waals surface area contributed by atoms with E-state index in [9.17, 15) is 4.79 Å². The van der Waals surface area contributed by atoms with Crippen molar-refractivity contribution in [3.05, 3.63) is 16.6 Å². The van der Waals surface area contributed by atoms with Gasteiger partial charge in [-0.15, -0.1) is 11.3 Å². The van der Waals surface area contributed by atoms with E-state index in [2.05, 4.69) is 9.98 Å². The first-order chi connectivity index (χ1) is 7.18. The van der Waals surface area contributed by atoms with Gasteiger partial charge < -0.3 is 11.5 Å². The van der Waals surface area contributed by atoms with Gasteiger partial charge in [0.05, 0.1) is 5.51 Å². The second-order valence-corrected chi connectivity index (χ2v) is 4.08. The third-order valence-corrected chi connectivity index (χ3v) is 2.64. The molecule has 1 rings (SSSR count). The van der Waals surface area contributed by atoms with Crippen molar-refractivity contribution in [3.63, 3.8) is 0 Å². The van der Waals surface area contributed by atoms with Gasteiger partial charge in [-0.2, -0.15) is 4.99 Å². The van der Waals surface area contributed by atoms with Crippen LogP contribution >= 0.6 is 11.3 Å². The summed E-state index contributed by atoms with van der Waals surface area (Å²) < 4.78 is 0. The molecule has 0 saturated carbocycles. The second kappa shape index (κ2) is 6.13. The van der Waals surface area contributed by atoms with Crippen LogP contribution in [-0.4, -0.2) is 16.9 Å². The van der Waals surface area contributed by atoms with Crippen LogP contribution in [0.25, 0.3) is 0 Å². The third kappa shape index (κ3) is 5.11. The minimum absolute atomic E-state index is 0.164. The predicted octanol–water partition coefficient (Wildman–Crippen LogP) is 0.656. The molecule has 0 aliphatic rings. The fraction of sp³-hybridized carbons (Fsp3) is 0.444. The lowest BCUT2D eigenvalue weighted by molar-refractivity contribution is -0.117. The third-order valence-electron chi connectivity index (χ3n) is 1.80. The van der Waals surface area contributed by atoms with Gasteiger partial charge in [-0.1, -0.05) is 0 Å². The maximum absolute atomic E-state index is 11.1. The molecule has 5 nitrogen and oxygen atoms in total. The van der Waals surface area contributed by atoms with Crippen LogP contribution in [0.1, 0.15) is 24.1 Å². The van der Waals surface area contributed by atoms with Crippen molar-refractivity contribution < 1.29 is 4.79 Å². The van der Waals surface area contributed by atoms with Crippen molar-refractivity contribution in [2.24, 2.45) is 16.5 Å². The summed E-state index contributed by atoms with van der Waals surface area (Å²) >= 11 is 1.63. The number of unbranched alkanes of at least 4 members (excludes halogenated alkanes) is 1. The minimum Gasteiger partial charge on any atom is -0.370 e. The SMILES string of the molecule is NC(N)=NC(=O)CCCCc1cncs1. The summed E-state index contributed by atoms with van der Waals surface area (Å²) in [7, 11) is 0. The number of nitrogens with two attached hydrogens (primary N) is 2. The van der Waals surface area contributed by atoms with Crippen molar-refractivity contribution in [2.45, 2.75) is 25.7 Å². The number of rotatable bonds is 5.